The van der Waals surface area contributed by atoms with Crippen molar-refractivity contribution in [3.05, 3.63) is 20.9 Å². The molecule has 2 rings (SSSR count). The average Bonchev–Trinajstić information content (AvgIpc) is 2.27. The van der Waals surface area contributed by atoms with Gasteiger partial charge in [0.1, 0.15) is 11.0 Å². The van der Waals surface area contributed by atoms with Gasteiger partial charge in [-0.3, -0.25) is 0 Å². The van der Waals surface area contributed by atoms with E-state index >= 15 is 0 Å². The molecule has 1 fully saturated rings. The van der Waals surface area contributed by atoms with Gasteiger partial charge in [0.05, 0.1) is 5.92 Å². The lowest BCUT2D eigenvalue weighted by molar-refractivity contribution is -0.176. The van der Waals surface area contributed by atoms with Crippen molar-refractivity contribution in [2.24, 2.45) is 5.92 Å². The number of alkyl halides is 3. The molecule has 0 spiro atoms. The molecule has 1 aromatic rings. The van der Waals surface area contributed by atoms with E-state index in [-0.39, 0.29) is 13.0 Å². The van der Waals surface area contributed by atoms with Crippen LogP contribution in [0.15, 0.2) is 12.1 Å². The van der Waals surface area contributed by atoms with Crippen molar-refractivity contribution in [3.8, 4) is 0 Å². The Kier molecular flexibility index (Phi) is 4.25. The van der Waals surface area contributed by atoms with Gasteiger partial charge < -0.3 is 4.90 Å². The van der Waals surface area contributed by atoms with E-state index in [4.69, 9.17) is 11.6 Å². The van der Waals surface area contributed by atoms with Gasteiger partial charge in [0, 0.05) is 16.7 Å². The number of nitrogens with zero attached hydrogens (tertiary/aromatic N) is 2. The molecule has 1 aromatic heterocycles. The van der Waals surface area contributed by atoms with E-state index < -0.39 is 12.1 Å². The van der Waals surface area contributed by atoms with Gasteiger partial charge >= 0.3 is 6.18 Å². The van der Waals surface area contributed by atoms with Gasteiger partial charge in [-0.05, 0) is 47.6 Å². The molecule has 2 heterocycles. The summed E-state index contributed by atoms with van der Waals surface area (Å²) >= 11 is 7.91. The first kappa shape index (κ1) is 14.2. The molecule has 0 bridgehead atoms. The minimum Gasteiger partial charge on any atom is -0.356 e. The number of rotatable bonds is 1. The molecule has 0 N–H and O–H groups in total. The third-order valence-corrected chi connectivity index (χ3v) is 3.77. The number of piperidine rings is 1. The van der Waals surface area contributed by atoms with E-state index in [0.29, 0.717) is 23.9 Å². The maximum Gasteiger partial charge on any atom is 0.393 e. The molecule has 0 radical (unpaired) electrons. The summed E-state index contributed by atoms with van der Waals surface area (Å²) in [7, 11) is 0. The van der Waals surface area contributed by atoms with Crippen LogP contribution in [0.1, 0.15) is 12.8 Å². The van der Waals surface area contributed by atoms with Crippen LogP contribution in [-0.4, -0.2) is 24.2 Å². The molecule has 100 valence electrons. The molecule has 1 saturated heterocycles. The van der Waals surface area contributed by atoms with Crippen LogP contribution in [0.4, 0.5) is 19.0 Å². The summed E-state index contributed by atoms with van der Waals surface area (Å²) in [6, 6.07) is 3.43. The first-order valence-electron chi connectivity index (χ1n) is 5.51. The smallest absolute Gasteiger partial charge is 0.356 e. The fourth-order valence-corrected chi connectivity index (χ4v) is 3.03. The summed E-state index contributed by atoms with van der Waals surface area (Å²) in [6.45, 7) is 0.558. The molecule has 0 aromatic carbocycles. The Bertz CT molecular complexity index is 419. The number of halogens is 5. The van der Waals surface area contributed by atoms with E-state index in [1.165, 1.54) is 0 Å². The predicted octanol–water partition coefficient (Wildman–Crippen LogP) is 4.12. The molecule has 0 saturated carbocycles. The fourth-order valence-electron chi connectivity index (χ4n) is 2.07. The molecule has 18 heavy (non-hydrogen) atoms. The second-order valence-electron chi connectivity index (χ2n) is 4.29. The van der Waals surface area contributed by atoms with Crippen LogP contribution >= 0.6 is 34.2 Å². The van der Waals surface area contributed by atoms with Crippen molar-refractivity contribution in [3.63, 3.8) is 0 Å². The molecule has 1 aliphatic rings. The normalized spacial score (nSPS) is 21.2. The van der Waals surface area contributed by atoms with Crippen molar-refractivity contribution in [2.45, 2.75) is 19.0 Å². The Hall–Kier alpha value is -0.240. The highest BCUT2D eigenvalue weighted by Gasteiger charge is 2.42. The molecule has 1 atom stereocenters. The lowest BCUT2D eigenvalue weighted by atomic mass is 9.97. The van der Waals surface area contributed by atoms with Gasteiger partial charge in [-0.1, -0.05) is 11.6 Å². The molecule has 1 unspecified atom stereocenters. The SMILES string of the molecule is FC(F)(F)C1CCCN(c2cc(I)cc(Cl)n2)C1. The first-order valence-corrected chi connectivity index (χ1v) is 6.96. The van der Waals surface area contributed by atoms with E-state index in [1.807, 2.05) is 0 Å². The van der Waals surface area contributed by atoms with Crippen LogP contribution in [0.25, 0.3) is 0 Å². The minimum atomic E-state index is -4.13. The van der Waals surface area contributed by atoms with E-state index in [1.54, 1.807) is 17.0 Å². The number of pyridine rings is 1. The maximum atomic E-state index is 12.7. The standard InChI is InChI=1S/C11H11ClF3IN2/c12-9-4-8(16)5-10(17-9)18-3-1-2-7(6-18)11(13,14)15/h4-5,7H,1-3,6H2. The van der Waals surface area contributed by atoms with Crippen LogP contribution in [0.2, 0.25) is 5.15 Å². The first-order chi connectivity index (χ1) is 8.36. The Morgan fingerprint density at radius 3 is 2.72 bits per heavy atom. The summed E-state index contributed by atoms with van der Waals surface area (Å²) in [4.78, 5) is 5.76. The summed E-state index contributed by atoms with van der Waals surface area (Å²) in [5.74, 6) is -0.745. The molecular formula is C11H11ClF3IN2. The van der Waals surface area contributed by atoms with Crippen molar-refractivity contribution in [1.29, 1.82) is 0 Å². The highest BCUT2D eigenvalue weighted by molar-refractivity contribution is 14.1. The predicted molar refractivity (Wildman–Crippen MR) is 73.0 cm³/mol. The quantitative estimate of drug-likeness (QED) is 0.530. The minimum absolute atomic E-state index is 0.0348. The van der Waals surface area contributed by atoms with E-state index in [9.17, 15) is 13.2 Å². The van der Waals surface area contributed by atoms with E-state index in [2.05, 4.69) is 27.6 Å². The van der Waals surface area contributed by atoms with Gasteiger partial charge in [0.2, 0.25) is 0 Å². The lowest BCUT2D eigenvalue weighted by Crippen LogP contribution is -2.42. The van der Waals surface area contributed by atoms with Crippen LogP contribution in [0, 0.1) is 9.49 Å². The van der Waals surface area contributed by atoms with Gasteiger partial charge in [-0.25, -0.2) is 4.98 Å². The third-order valence-electron chi connectivity index (χ3n) is 2.95. The summed E-state index contributed by atoms with van der Waals surface area (Å²) in [5, 5.41) is 0.311. The Balaban J connectivity index is 2.18. The molecule has 7 heteroatoms. The Morgan fingerprint density at radius 2 is 2.11 bits per heavy atom. The summed E-state index contributed by atoms with van der Waals surface area (Å²) in [6.07, 6.45) is -3.42. The second-order valence-corrected chi connectivity index (χ2v) is 5.93. The molecule has 0 amide bonds. The van der Waals surface area contributed by atoms with Crippen LogP contribution in [0.3, 0.4) is 0 Å². The number of hydrogen-bond acceptors (Lipinski definition) is 2. The summed E-state index contributed by atoms with van der Waals surface area (Å²) in [5.41, 5.74) is 0. The van der Waals surface area contributed by atoms with Crippen LogP contribution in [-0.2, 0) is 0 Å². The number of hydrogen-bond donors (Lipinski definition) is 0. The Labute approximate surface area is 122 Å². The highest BCUT2D eigenvalue weighted by atomic mass is 127. The topological polar surface area (TPSA) is 16.1 Å². The average molecular weight is 391 g/mol. The number of aromatic nitrogens is 1. The van der Waals surface area contributed by atoms with Crippen LogP contribution in [0.5, 0.6) is 0 Å². The zero-order chi connectivity index (χ0) is 13.3. The molecule has 0 aliphatic carbocycles. The third kappa shape index (κ3) is 3.40. The molecular weight excluding hydrogens is 379 g/mol. The van der Waals surface area contributed by atoms with Crippen molar-refractivity contribution in [2.75, 3.05) is 18.0 Å². The number of anilines is 1. The van der Waals surface area contributed by atoms with Gasteiger partial charge in [-0.2, -0.15) is 13.2 Å². The second kappa shape index (κ2) is 5.40. The van der Waals surface area contributed by atoms with Gasteiger partial charge in [0.15, 0.2) is 0 Å². The van der Waals surface area contributed by atoms with Crippen molar-refractivity contribution < 1.29 is 13.2 Å². The van der Waals surface area contributed by atoms with Crippen LogP contribution < -0.4 is 4.90 Å². The van der Waals surface area contributed by atoms with Crippen molar-refractivity contribution in [1.82, 2.24) is 4.98 Å². The van der Waals surface area contributed by atoms with Gasteiger partial charge in [0.25, 0.3) is 0 Å². The van der Waals surface area contributed by atoms with Crippen molar-refractivity contribution >= 4 is 40.0 Å². The molecule has 2 nitrogen and oxygen atoms in total. The molecule has 1 aliphatic heterocycles. The Morgan fingerprint density at radius 1 is 1.39 bits per heavy atom. The maximum absolute atomic E-state index is 12.7. The fraction of sp³-hybridized carbons (Fsp3) is 0.545. The lowest BCUT2D eigenvalue weighted by Gasteiger charge is -2.34. The summed E-state index contributed by atoms with van der Waals surface area (Å²) < 4.78 is 39.0. The van der Waals surface area contributed by atoms with Gasteiger partial charge in [-0.15, -0.1) is 0 Å². The zero-order valence-electron chi connectivity index (χ0n) is 9.34. The van der Waals surface area contributed by atoms with E-state index in [0.717, 1.165) is 3.57 Å². The highest BCUT2D eigenvalue weighted by Crippen LogP contribution is 2.34. The zero-order valence-corrected chi connectivity index (χ0v) is 12.3. The monoisotopic (exact) mass is 390 g/mol. The largest absolute Gasteiger partial charge is 0.393 e.